The van der Waals surface area contributed by atoms with E-state index in [1.165, 1.54) is 12.0 Å². The Bertz CT molecular complexity index is 533. The third-order valence-corrected chi connectivity index (χ3v) is 3.41. The summed E-state index contributed by atoms with van der Waals surface area (Å²) in [6, 6.07) is 16.5. The lowest BCUT2D eigenvalue weighted by Gasteiger charge is -2.14. The second kappa shape index (κ2) is 7.11. The molecule has 0 fully saturated rings. The molecule has 1 unspecified atom stereocenters. The monoisotopic (exact) mass is 269 g/mol. The fourth-order valence-electron chi connectivity index (χ4n) is 2.34. The van der Waals surface area contributed by atoms with E-state index in [1.54, 1.807) is 0 Å². The van der Waals surface area contributed by atoms with Crippen LogP contribution in [0.1, 0.15) is 43.0 Å². The molecule has 2 N–H and O–H groups in total. The molecule has 0 amide bonds. The second-order valence-electron chi connectivity index (χ2n) is 4.97. The molecule has 1 atom stereocenters. The number of nitrogens with two attached hydrogens (primary N) is 1. The molecule has 106 valence electrons. The summed E-state index contributed by atoms with van der Waals surface area (Å²) in [6.07, 6.45) is 2.29. The lowest BCUT2D eigenvalue weighted by atomic mass is 9.97. The van der Waals surface area contributed by atoms with Crippen molar-refractivity contribution in [3.05, 3.63) is 65.2 Å². The zero-order chi connectivity index (χ0) is 14.4. The van der Waals surface area contributed by atoms with Crippen LogP contribution in [-0.4, -0.2) is 6.61 Å². The van der Waals surface area contributed by atoms with E-state index in [1.807, 2.05) is 31.2 Å². The van der Waals surface area contributed by atoms with E-state index < -0.39 is 0 Å². The number of ether oxygens (including phenoxy) is 1. The van der Waals surface area contributed by atoms with Gasteiger partial charge in [-0.3, -0.25) is 0 Å². The van der Waals surface area contributed by atoms with Crippen molar-refractivity contribution in [2.24, 2.45) is 5.73 Å². The summed E-state index contributed by atoms with van der Waals surface area (Å²) >= 11 is 0. The molecule has 0 spiro atoms. The smallest absolute Gasteiger partial charge is 0.119 e. The number of hydrogen-bond acceptors (Lipinski definition) is 2. The van der Waals surface area contributed by atoms with Crippen LogP contribution < -0.4 is 10.5 Å². The Hall–Kier alpha value is -1.80. The first-order valence-corrected chi connectivity index (χ1v) is 7.31. The van der Waals surface area contributed by atoms with Crippen LogP contribution in [0.3, 0.4) is 0 Å². The van der Waals surface area contributed by atoms with Crippen molar-refractivity contribution in [2.45, 2.75) is 32.7 Å². The minimum Gasteiger partial charge on any atom is -0.494 e. The molecule has 0 radical (unpaired) electrons. The first-order chi connectivity index (χ1) is 9.74. The van der Waals surface area contributed by atoms with Gasteiger partial charge in [-0.1, -0.05) is 49.7 Å². The molecule has 2 aromatic rings. The Balaban J connectivity index is 2.17. The van der Waals surface area contributed by atoms with Crippen molar-refractivity contribution >= 4 is 0 Å². The molecule has 0 aliphatic carbocycles. The molecule has 0 saturated heterocycles. The summed E-state index contributed by atoms with van der Waals surface area (Å²) in [4.78, 5) is 0. The highest BCUT2D eigenvalue weighted by Gasteiger charge is 2.09. The van der Waals surface area contributed by atoms with E-state index in [0.717, 1.165) is 23.3 Å². The van der Waals surface area contributed by atoms with Crippen LogP contribution in [0, 0.1) is 0 Å². The van der Waals surface area contributed by atoms with E-state index in [9.17, 15) is 0 Å². The Kier molecular flexibility index (Phi) is 5.19. The van der Waals surface area contributed by atoms with Crippen LogP contribution >= 0.6 is 0 Å². The quantitative estimate of drug-likeness (QED) is 0.857. The first kappa shape index (κ1) is 14.6. The van der Waals surface area contributed by atoms with Gasteiger partial charge in [-0.2, -0.15) is 0 Å². The maximum absolute atomic E-state index is 6.35. The SMILES string of the molecule is CCCc1ccc(C(N)c2cccc(OCC)c2)cc1. The van der Waals surface area contributed by atoms with Crippen molar-refractivity contribution < 1.29 is 4.74 Å². The largest absolute Gasteiger partial charge is 0.494 e. The highest BCUT2D eigenvalue weighted by Crippen LogP contribution is 2.23. The van der Waals surface area contributed by atoms with Crippen LogP contribution in [0.4, 0.5) is 0 Å². The van der Waals surface area contributed by atoms with E-state index in [4.69, 9.17) is 10.5 Å². The maximum Gasteiger partial charge on any atom is 0.119 e. The topological polar surface area (TPSA) is 35.2 Å². The van der Waals surface area contributed by atoms with Crippen LogP contribution in [0.2, 0.25) is 0 Å². The van der Waals surface area contributed by atoms with Gasteiger partial charge < -0.3 is 10.5 Å². The van der Waals surface area contributed by atoms with Crippen molar-refractivity contribution in [1.82, 2.24) is 0 Å². The van der Waals surface area contributed by atoms with Crippen LogP contribution in [0.5, 0.6) is 5.75 Å². The molecule has 0 saturated carbocycles. The van der Waals surface area contributed by atoms with Gasteiger partial charge in [-0.25, -0.2) is 0 Å². The van der Waals surface area contributed by atoms with Gasteiger partial charge in [-0.05, 0) is 42.2 Å². The van der Waals surface area contributed by atoms with Gasteiger partial charge in [0.25, 0.3) is 0 Å². The zero-order valence-corrected chi connectivity index (χ0v) is 12.3. The molecular formula is C18H23NO. The third-order valence-electron chi connectivity index (χ3n) is 3.41. The molecule has 2 aromatic carbocycles. The molecular weight excluding hydrogens is 246 g/mol. The van der Waals surface area contributed by atoms with Gasteiger partial charge in [-0.15, -0.1) is 0 Å². The van der Waals surface area contributed by atoms with E-state index in [2.05, 4.69) is 31.2 Å². The number of hydrogen-bond donors (Lipinski definition) is 1. The highest BCUT2D eigenvalue weighted by atomic mass is 16.5. The van der Waals surface area contributed by atoms with Gasteiger partial charge in [0, 0.05) is 0 Å². The van der Waals surface area contributed by atoms with Crippen molar-refractivity contribution in [3.63, 3.8) is 0 Å². The lowest BCUT2D eigenvalue weighted by molar-refractivity contribution is 0.340. The Morgan fingerprint density at radius 3 is 2.40 bits per heavy atom. The van der Waals surface area contributed by atoms with E-state index >= 15 is 0 Å². The third kappa shape index (κ3) is 3.61. The number of benzene rings is 2. The maximum atomic E-state index is 6.35. The predicted octanol–water partition coefficient (Wildman–Crippen LogP) is 4.09. The summed E-state index contributed by atoms with van der Waals surface area (Å²) in [5, 5.41) is 0. The van der Waals surface area contributed by atoms with Crippen LogP contribution in [-0.2, 0) is 6.42 Å². The summed E-state index contributed by atoms with van der Waals surface area (Å²) in [7, 11) is 0. The number of aryl methyl sites for hydroxylation is 1. The lowest BCUT2D eigenvalue weighted by Crippen LogP contribution is -2.12. The van der Waals surface area contributed by atoms with Gasteiger partial charge in [0.2, 0.25) is 0 Å². The van der Waals surface area contributed by atoms with Crippen molar-refractivity contribution in [2.75, 3.05) is 6.61 Å². The van der Waals surface area contributed by atoms with Gasteiger partial charge in [0.05, 0.1) is 12.6 Å². The van der Waals surface area contributed by atoms with Crippen LogP contribution in [0.25, 0.3) is 0 Å². The fourth-order valence-corrected chi connectivity index (χ4v) is 2.34. The average Bonchev–Trinajstić information content (AvgIpc) is 2.48. The highest BCUT2D eigenvalue weighted by molar-refractivity contribution is 5.37. The van der Waals surface area contributed by atoms with Gasteiger partial charge in [0.15, 0.2) is 0 Å². The molecule has 2 nitrogen and oxygen atoms in total. The molecule has 0 heterocycles. The average molecular weight is 269 g/mol. The zero-order valence-electron chi connectivity index (χ0n) is 12.3. The number of rotatable bonds is 6. The predicted molar refractivity (Wildman–Crippen MR) is 84.1 cm³/mol. The molecule has 0 aliphatic rings. The molecule has 0 aromatic heterocycles. The molecule has 0 bridgehead atoms. The molecule has 2 rings (SSSR count). The van der Waals surface area contributed by atoms with E-state index in [0.29, 0.717) is 6.61 Å². The normalized spacial score (nSPS) is 12.2. The fraction of sp³-hybridized carbons (Fsp3) is 0.333. The summed E-state index contributed by atoms with van der Waals surface area (Å²) < 4.78 is 5.53. The summed E-state index contributed by atoms with van der Waals surface area (Å²) in [6.45, 7) is 4.85. The first-order valence-electron chi connectivity index (χ1n) is 7.31. The summed E-state index contributed by atoms with van der Waals surface area (Å²) in [5.74, 6) is 0.878. The van der Waals surface area contributed by atoms with Crippen molar-refractivity contribution in [1.29, 1.82) is 0 Å². The molecule has 2 heteroatoms. The van der Waals surface area contributed by atoms with Crippen molar-refractivity contribution in [3.8, 4) is 5.75 Å². The van der Waals surface area contributed by atoms with Gasteiger partial charge >= 0.3 is 0 Å². The molecule has 20 heavy (non-hydrogen) atoms. The Labute approximate surface area is 121 Å². The van der Waals surface area contributed by atoms with Gasteiger partial charge in [0.1, 0.15) is 5.75 Å². The van der Waals surface area contributed by atoms with E-state index in [-0.39, 0.29) is 6.04 Å². The Morgan fingerprint density at radius 1 is 1.00 bits per heavy atom. The minimum atomic E-state index is -0.105. The van der Waals surface area contributed by atoms with Crippen LogP contribution in [0.15, 0.2) is 48.5 Å². The molecule has 0 aliphatic heterocycles. The Morgan fingerprint density at radius 2 is 1.75 bits per heavy atom. The second-order valence-corrected chi connectivity index (χ2v) is 4.97. The summed E-state index contributed by atoms with van der Waals surface area (Å²) in [5.41, 5.74) is 9.94. The standard InChI is InChI=1S/C18H23NO/c1-3-6-14-9-11-15(12-10-14)18(19)16-7-5-8-17(13-16)20-4-2/h5,7-13,18H,3-4,6,19H2,1-2H3. The minimum absolute atomic E-state index is 0.105.